The summed E-state index contributed by atoms with van der Waals surface area (Å²) >= 11 is 0. The summed E-state index contributed by atoms with van der Waals surface area (Å²) in [5.41, 5.74) is 0. The van der Waals surface area contributed by atoms with Crippen molar-refractivity contribution >= 4 is 17.9 Å². The Balaban J connectivity index is 4.15. The van der Waals surface area contributed by atoms with Gasteiger partial charge in [0, 0.05) is 19.3 Å². The van der Waals surface area contributed by atoms with Gasteiger partial charge in [-0.05, 0) is 128 Å². The Hall–Kier alpha value is -4.97. The molecule has 6 nitrogen and oxygen atoms in total. The highest BCUT2D eigenvalue weighted by Crippen LogP contribution is 2.15. The van der Waals surface area contributed by atoms with Crippen molar-refractivity contribution < 1.29 is 28.6 Å². The molecule has 0 aromatic rings. The van der Waals surface area contributed by atoms with E-state index in [1.807, 2.05) is 0 Å². The SMILES string of the molecule is CC/C=C\C/C=C\C/C=C\C/C=C\C/C=C\C/C=C\C/C=C\C/C=C\C/C=C\CCCCCCCCCC(=O)OCC(COC(=O)CCCCCCCC)OC(=O)CCCCCCCCCC/C=C\C/C=C\C/C=C\C/C=C\CC. The van der Waals surface area contributed by atoms with Crippen LogP contribution in [0.25, 0.3) is 0 Å². The Morgan fingerprint density at radius 3 is 0.762 bits per heavy atom. The van der Waals surface area contributed by atoms with Crippen LogP contribution in [0.4, 0.5) is 0 Å². The minimum atomic E-state index is -0.791. The van der Waals surface area contributed by atoms with Gasteiger partial charge in [-0.2, -0.15) is 0 Å². The molecule has 0 bridgehead atoms. The van der Waals surface area contributed by atoms with E-state index >= 15 is 0 Å². The number of unbranched alkanes of at least 4 members (excludes halogenated alkanes) is 20. The van der Waals surface area contributed by atoms with Crippen molar-refractivity contribution in [3.05, 3.63) is 158 Å². The minimum absolute atomic E-state index is 0.0893. The molecule has 0 aliphatic heterocycles. The van der Waals surface area contributed by atoms with Gasteiger partial charge in [-0.3, -0.25) is 14.4 Å². The summed E-state index contributed by atoms with van der Waals surface area (Å²) in [4.78, 5) is 38.0. The first-order chi connectivity index (χ1) is 39.5. The van der Waals surface area contributed by atoms with Crippen LogP contribution in [0.1, 0.15) is 271 Å². The smallest absolute Gasteiger partial charge is 0.306 e. The van der Waals surface area contributed by atoms with Crippen molar-refractivity contribution in [2.45, 2.75) is 277 Å². The maximum Gasteiger partial charge on any atom is 0.306 e. The highest BCUT2D eigenvalue weighted by molar-refractivity contribution is 5.71. The Labute approximate surface area is 492 Å². The number of rotatable bonds is 57. The molecule has 0 radical (unpaired) electrons. The second-order valence-corrected chi connectivity index (χ2v) is 20.9. The minimum Gasteiger partial charge on any atom is -0.462 e. The van der Waals surface area contributed by atoms with Crippen LogP contribution in [0, 0.1) is 0 Å². The fourth-order valence-electron chi connectivity index (χ4n) is 8.48. The quantitative estimate of drug-likeness (QED) is 0.0261. The number of allylic oxidation sites excluding steroid dienone is 26. The van der Waals surface area contributed by atoms with Gasteiger partial charge in [-0.25, -0.2) is 0 Å². The topological polar surface area (TPSA) is 78.9 Å². The first-order valence-electron chi connectivity index (χ1n) is 32.5. The van der Waals surface area contributed by atoms with Crippen LogP contribution >= 0.6 is 0 Å². The molecule has 80 heavy (non-hydrogen) atoms. The van der Waals surface area contributed by atoms with Gasteiger partial charge in [-0.15, -0.1) is 0 Å². The summed E-state index contributed by atoms with van der Waals surface area (Å²) in [6.45, 7) is 6.33. The molecule has 0 aliphatic rings. The highest BCUT2D eigenvalue weighted by atomic mass is 16.6. The molecule has 0 aromatic carbocycles. The number of ether oxygens (including phenoxy) is 3. The molecule has 0 N–H and O–H groups in total. The molecule has 0 fully saturated rings. The molecule has 0 aliphatic carbocycles. The molecule has 0 saturated carbocycles. The molecule has 1 unspecified atom stereocenters. The lowest BCUT2D eigenvalue weighted by Gasteiger charge is -2.18. The van der Waals surface area contributed by atoms with Crippen molar-refractivity contribution in [1.82, 2.24) is 0 Å². The molecular weight excluding hydrogens is 985 g/mol. The molecule has 0 aromatic heterocycles. The molecule has 6 heteroatoms. The number of carbonyl (C=O) groups excluding carboxylic acids is 3. The standard InChI is InChI=1S/C74H118O6/c1-4-7-10-13-16-18-20-22-24-26-28-30-31-32-33-34-35-36-37-38-39-40-41-42-43-45-46-48-50-52-54-56-58-61-64-67-73(76)79-70-71(69-78-72(75)66-63-60-15-12-9-6-3)80-74(77)68-65-62-59-57-55-53-51-49-47-44-29-27-25-23-21-19-17-14-11-8-5-2/h7-8,10-11,16-19,22-25,28-30,32-33,35-36,38-39,41-42,44-46,71H,4-6,9,12-15,20-21,26-27,31,34,37,40,43,47-70H2,1-3H3/b10-7-,11-8-,18-16-,19-17-,24-22-,25-23-,30-28-,33-32-,36-35-,39-38-,42-41-,44-29-,46-45-. The lowest BCUT2D eigenvalue weighted by atomic mass is 10.1. The van der Waals surface area contributed by atoms with Gasteiger partial charge in [0.25, 0.3) is 0 Å². The summed E-state index contributed by atoms with van der Waals surface area (Å²) in [6, 6.07) is 0. The summed E-state index contributed by atoms with van der Waals surface area (Å²) in [7, 11) is 0. The van der Waals surface area contributed by atoms with Crippen LogP contribution in [0.5, 0.6) is 0 Å². The van der Waals surface area contributed by atoms with Crippen LogP contribution in [0.15, 0.2) is 158 Å². The van der Waals surface area contributed by atoms with Crippen molar-refractivity contribution in [1.29, 1.82) is 0 Å². The number of carbonyl (C=O) groups is 3. The fourth-order valence-corrected chi connectivity index (χ4v) is 8.48. The van der Waals surface area contributed by atoms with Gasteiger partial charge >= 0.3 is 17.9 Å². The third-order valence-corrected chi connectivity index (χ3v) is 13.3. The summed E-state index contributed by atoms with van der Waals surface area (Å²) in [5.74, 6) is -0.922. The second-order valence-electron chi connectivity index (χ2n) is 20.9. The Morgan fingerprint density at radius 2 is 0.487 bits per heavy atom. The fraction of sp³-hybridized carbons (Fsp3) is 0.608. The van der Waals surface area contributed by atoms with Gasteiger partial charge in [0.1, 0.15) is 13.2 Å². The van der Waals surface area contributed by atoms with E-state index in [2.05, 4.69) is 179 Å². The van der Waals surface area contributed by atoms with Crippen LogP contribution in [-0.2, 0) is 28.6 Å². The average molecular weight is 1100 g/mol. The molecule has 0 amide bonds. The molecular formula is C74H118O6. The zero-order valence-electron chi connectivity index (χ0n) is 51.5. The lowest BCUT2D eigenvalue weighted by Crippen LogP contribution is -2.30. The Morgan fingerprint density at radius 1 is 0.263 bits per heavy atom. The van der Waals surface area contributed by atoms with E-state index in [9.17, 15) is 14.4 Å². The zero-order valence-corrected chi connectivity index (χ0v) is 51.5. The van der Waals surface area contributed by atoms with E-state index in [1.54, 1.807) is 0 Å². The van der Waals surface area contributed by atoms with E-state index in [-0.39, 0.29) is 31.1 Å². The van der Waals surface area contributed by atoms with Gasteiger partial charge in [0.15, 0.2) is 6.10 Å². The average Bonchev–Trinajstić information content (AvgIpc) is 3.46. The third kappa shape index (κ3) is 63.9. The number of hydrogen-bond acceptors (Lipinski definition) is 6. The first-order valence-corrected chi connectivity index (χ1v) is 32.5. The number of esters is 3. The maximum absolute atomic E-state index is 12.8. The second kappa shape index (κ2) is 66.5. The van der Waals surface area contributed by atoms with E-state index in [4.69, 9.17) is 14.2 Å². The predicted octanol–water partition coefficient (Wildman–Crippen LogP) is 22.5. The van der Waals surface area contributed by atoms with Gasteiger partial charge in [-0.1, -0.05) is 281 Å². The van der Waals surface area contributed by atoms with E-state index in [0.29, 0.717) is 19.3 Å². The van der Waals surface area contributed by atoms with Gasteiger partial charge in [0.05, 0.1) is 0 Å². The Bertz CT molecular complexity index is 1790. The van der Waals surface area contributed by atoms with E-state index < -0.39 is 6.10 Å². The number of hydrogen-bond donors (Lipinski definition) is 0. The van der Waals surface area contributed by atoms with E-state index in [0.717, 1.165) is 154 Å². The highest BCUT2D eigenvalue weighted by Gasteiger charge is 2.19. The van der Waals surface area contributed by atoms with Gasteiger partial charge in [0.2, 0.25) is 0 Å². The maximum atomic E-state index is 12.8. The molecule has 0 rings (SSSR count). The van der Waals surface area contributed by atoms with Crippen molar-refractivity contribution in [2.75, 3.05) is 13.2 Å². The lowest BCUT2D eigenvalue weighted by molar-refractivity contribution is -0.167. The van der Waals surface area contributed by atoms with Gasteiger partial charge < -0.3 is 14.2 Å². The monoisotopic (exact) mass is 1100 g/mol. The normalized spacial score (nSPS) is 13.2. The van der Waals surface area contributed by atoms with Crippen LogP contribution < -0.4 is 0 Å². The Kier molecular flexibility index (Phi) is 62.4. The molecule has 450 valence electrons. The molecule has 0 spiro atoms. The molecule has 1 atom stereocenters. The summed E-state index contributed by atoms with van der Waals surface area (Å²) in [5, 5.41) is 0. The van der Waals surface area contributed by atoms with Crippen molar-refractivity contribution in [3.63, 3.8) is 0 Å². The first kappa shape index (κ1) is 75.0. The molecule has 0 heterocycles. The van der Waals surface area contributed by atoms with Crippen LogP contribution in [0.2, 0.25) is 0 Å². The largest absolute Gasteiger partial charge is 0.462 e. The predicted molar refractivity (Wildman–Crippen MR) is 348 cm³/mol. The third-order valence-electron chi connectivity index (χ3n) is 13.3. The summed E-state index contributed by atoms with van der Waals surface area (Å²) < 4.78 is 16.8. The molecule has 0 saturated heterocycles. The summed E-state index contributed by atoms with van der Waals surface area (Å²) in [6.07, 6.45) is 97.1. The van der Waals surface area contributed by atoms with Crippen molar-refractivity contribution in [2.24, 2.45) is 0 Å². The van der Waals surface area contributed by atoms with Crippen LogP contribution in [0.3, 0.4) is 0 Å². The zero-order chi connectivity index (χ0) is 57.8. The van der Waals surface area contributed by atoms with E-state index in [1.165, 1.54) is 77.0 Å². The van der Waals surface area contributed by atoms with Crippen molar-refractivity contribution in [3.8, 4) is 0 Å². The van der Waals surface area contributed by atoms with Crippen LogP contribution in [-0.4, -0.2) is 37.2 Å².